The van der Waals surface area contributed by atoms with Crippen molar-refractivity contribution >= 4 is 17.8 Å². The Morgan fingerprint density at radius 1 is 1.00 bits per heavy atom. The highest BCUT2D eigenvalue weighted by atomic mass is 16.7. The molecule has 0 spiro atoms. The van der Waals surface area contributed by atoms with Crippen LogP contribution in [0.4, 0.5) is 0 Å². The lowest BCUT2D eigenvalue weighted by Crippen LogP contribution is -2.66. The number of rotatable bonds is 6. The van der Waals surface area contributed by atoms with E-state index in [0.717, 1.165) is 0 Å². The Hall–Kier alpha value is -1.71. The normalized spacial score (nSPS) is 29.7. The Morgan fingerprint density at radius 2 is 1.54 bits per heavy atom. The second kappa shape index (κ2) is 8.95. The van der Waals surface area contributed by atoms with Crippen LogP contribution < -0.4 is 0 Å². The largest absolute Gasteiger partial charge is 0.456 e. The van der Waals surface area contributed by atoms with Gasteiger partial charge in [-0.2, -0.15) is 0 Å². The maximum absolute atomic E-state index is 11.8. The Balaban J connectivity index is 3.28. The topological polar surface area (TPSA) is 101 Å². The molecule has 0 aromatic carbocycles. The van der Waals surface area contributed by atoms with Crippen LogP contribution in [-0.2, 0) is 38.1 Å². The summed E-state index contributed by atoms with van der Waals surface area (Å²) in [4.78, 5) is 36.2. The fourth-order valence-corrected chi connectivity index (χ4v) is 2.66. The molecule has 138 valence electrons. The quantitative estimate of drug-likeness (QED) is 0.605. The van der Waals surface area contributed by atoms with Gasteiger partial charge in [-0.15, -0.1) is 0 Å². The Labute approximate surface area is 141 Å². The van der Waals surface area contributed by atoms with Gasteiger partial charge >= 0.3 is 11.9 Å². The minimum Gasteiger partial charge on any atom is -0.456 e. The molecule has 0 N–H and O–H groups in total. The van der Waals surface area contributed by atoms with Crippen LogP contribution in [0.25, 0.3) is 0 Å². The summed E-state index contributed by atoms with van der Waals surface area (Å²) in [6.45, 7) is 3.92. The van der Waals surface area contributed by atoms with Crippen molar-refractivity contribution in [1.82, 2.24) is 4.90 Å². The van der Waals surface area contributed by atoms with E-state index in [4.69, 9.17) is 23.7 Å². The van der Waals surface area contributed by atoms with Crippen LogP contribution in [0.15, 0.2) is 0 Å². The molecule has 1 aliphatic rings. The molecule has 5 atom stereocenters. The smallest absolute Gasteiger partial charge is 0.303 e. The molecular formula is C15H25NO8. The Kier molecular flexibility index (Phi) is 7.59. The summed E-state index contributed by atoms with van der Waals surface area (Å²) in [7, 11) is 4.40. The van der Waals surface area contributed by atoms with Gasteiger partial charge in [-0.1, -0.05) is 0 Å². The summed E-state index contributed by atoms with van der Waals surface area (Å²) >= 11 is 0. The summed E-state index contributed by atoms with van der Waals surface area (Å²) in [5.41, 5.74) is 0. The first kappa shape index (κ1) is 20.3. The maximum Gasteiger partial charge on any atom is 0.303 e. The van der Waals surface area contributed by atoms with Crippen molar-refractivity contribution in [3.8, 4) is 0 Å². The lowest BCUT2D eigenvalue weighted by atomic mass is 9.95. The van der Waals surface area contributed by atoms with Crippen LogP contribution in [0.1, 0.15) is 20.8 Å². The number of methoxy groups -OCH3 is 2. The third kappa shape index (κ3) is 4.89. The van der Waals surface area contributed by atoms with Crippen molar-refractivity contribution in [2.45, 2.75) is 51.4 Å². The second-order valence-corrected chi connectivity index (χ2v) is 5.50. The second-order valence-electron chi connectivity index (χ2n) is 5.50. The predicted octanol–water partition coefficient (Wildman–Crippen LogP) is -0.286. The highest BCUT2D eigenvalue weighted by Gasteiger charge is 2.52. The van der Waals surface area contributed by atoms with Gasteiger partial charge < -0.3 is 28.6 Å². The van der Waals surface area contributed by atoms with Gasteiger partial charge in [0.1, 0.15) is 12.1 Å². The summed E-state index contributed by atoms with van der Waals surface area (Å²) in [5, 5.41) is 0. The van der Waals surface area contributed by atoms with Gasteiger partial charge in [0.25, 0.3) is 0 Å². The number of nitrogens with zero attached hydrogens (tertiary/aromatic N) is 1. The molecule has 0 aliphatic carbocycles. The van der Waals surface area contributed by atoms with E-state index >= 15 is 0 Å². The number of ether oxygens (including phenoxy) is 5. The monoisotopic (exact) mass is 347 g/mol. The van der Waals surface area contributed by atoms with Crippen molar-refractivity contribution in [3.63, 3.8) is 0 Å². The minimum absolute atomic E-state index is 0.0894. The minimum atomic E-state index is -0.959. The van der Waals surface area contributed by atoms with E-state index in [0.29, 0.717) is 0 Å². The van der Waals surface area contributed by atoms with E-state index < -0.39 is 42.6 Å². The fourth-order valence-electron chi connectivity index (χ4n) is 2.66. The molecule has 0 saturated carbocycles. The number of amides is 1. The molecule has 24 heavy (non-hydrogen) atoms. The van der Waals surface area contributed by atoms with Crippen molar-refractivity contribution in [2.24, 2.45) is 0 Å². The average Bonchev–Trinajstić information content (AvgIpc) is 2.48. The van der Waals surface area contributed by atoms with E-state index in [9.17, 15) is 14.4 Å². The first-order valence-corrected chi connectivity index (χ1v) is 7.47. The summed E-state index contributed by atoms with van der Waals surface area (Å²) < 4.78 is 26.9. The first-order valence-electron chi connectivity index (χ1n) is 7.47. The molecule has 1 fully saturated rings. The SMILES string of the molecule is COC[C@H]1O[C@@H](OC)[C@H](N(C)C(C)=O)[C@@H](OC(C)=O)[C@@H]1OC(C)=O. The van der Waals surface area contributed by atoms with Crippen molar-refractivity contribution in [2.75, 3.05) is 27.9 Å². The fraction of sp³-hybridized carbons (Fsp3) is 0.800. The van der Waals surface area contributed by atoms with E-state index in [1.165, 1.54) is 46.9 Å². The maximum atomic E-state index is 11.8. The zero-order valence-corrected chi connectivity index (χ0v) is 14.8. The third-order valence-corrected chi connectivity index (χ3v) is 3.73. The van der Waals surface area contributed by atoms with Gasteiger partial charge in [0.05, 0.1) is 6.61 Å². The molecule has 0 unspecified atom stereocenters. The van der Waals surface area contributed by atoms with Gasteiger partial charge in [0.15, 0.2) is 18.5 Å². The molecule has 9 nitrogen and oxygen atoms in total. The van der Waals surface area contributed by atoms with Gasteiger partial charge in [-0.05, 0) is 0 Å². The van der Waals surface area contributed by atoms with E-state index in [1.807, 2.05) is 0 Å². The van der Waals surface area contributed by atoms with Gasteiger partial charge in [0.2, 0.25) is 5.91 Å². The lowest BCUT2D eigenvalue weighted by molar-refractivity contribution is -0.284. The van der Waals surface area contributed by atoms with Gasteiger partial charge in [-0.25, -0.2) is 0 Å². The Bertz CT molecular complexity index is 468. The van der Waals surface area contributed by atoms with Crippen LogP contribution in [0.3, 0.4) is 0 Å². The van der Waals surface area contributed by atoms with Crippen LogP contribution in [0.2, 0.25) is 0 Å². The number of carbonyl (C=O) groups is 3. The van der Waals surface area contributed by atoms with Gasteiger partial charge in [0, 0.05) is 42.0 Å². The molecule has 1 rings (SSSR count). The summed E-state index contributed by atoms with van der Waals surface area (Å²) in [5.74, 6) is -1.43. The summed E-state index contributed by atoms with van der Waals surface area (Å²) in [6.07, 6.45) is -3.50. The zero-order valence-electron chi connectivity index (χ0n) is 14.8. The molecule has 9 heteroatoms. The number of likely N-dealkylation sites (N-methyl/N-ethyl adjacent to an activating group) is 1. The number of carbonyl (C=O) groups excluding carboxylic acids is 3. The van der Waals surface area contributed by atoms with Crippen molar-refractivity contribution in [1.29, 1.82) is 0 Å². The summed E-state index contributed by atoms with van der Waals surface area (Å²) in [6, 6.07) is -0.783. The number of esters is 2. The predicted molar refractivity (Wildman–Crippen MR) is 80.9 cm³/mol. The molecule has 1 amide bonds. The average molecular weight is 347 g/mol. The van der Waals surface area contributed by atoms with Crippen molar-refractivity contribution < 1.29 is 38.1 Å². The lowest BCUT2D eigenvalue weighted by Gasteiger charge is -2.47. The van der Waals surface area contributed by atoms with Gasteiger partial charge in [-0.3, -0.25) is 14.4 Å². The highest BCUT2D eigenvalue weighted by molar-refractivity contribution is 5.73. The number of hydrogen-bond donors (Lipinski definition) is 0. The van der Waals surface area contributed by atoms with Crippen LogP contribution in [-0.4, -0.2) is 81.3 Å². The highest BCUT2D eigenvalue weighted by Crippen LogP contribution is 2.30. The molecule has 1 heterocycles. The molecule has 0 aromatic rings. The van der Waals surface area contributed by atoms with Crippen LogP contribution >= 0.6 is 0 Å². The van der Waals surface area contributed by atoms with E-state index in [2.05, 4.69) is 0 Å². The van der Waals surface area contributed by atoms with Crippen LogP contribution in [0, 0.1) is 0 Å². The zero-order chi connectivity index (χ0) is 18.4. The van der Waals surface area contributed by atoms with E-state index in [1.54, 1.807) is 0 Å². The van der Waals surface area contributed by atoms with Crippen molar-refractivity contribution in [3.05, 3.63) is 0 Å². The number of hydrogen-bond acceptors (Lipinski definition) is 8. The molecule has 0 aromatic heterocycles. The molecule has 1 aliphatic heterocycles. The third-order valence-electron chi connectivity index (χ3n) is 3.73. The first-order chi connectivity index (χ1) is 11.2. The van der Waals surface area contributed by atoms with E-state index in [-0.39, 0.29) is 12.5 Å². The Morgan fingerprint density at radius 3 is 1.96 bits per heavy atom. The molecular weight excluding hydrogens is 322 g/mol. The molecule has 0 bridgehead atoms. The van der Waals surface area contributed by atoms with Crippen LogP contribution in [0.5, 0.6) is 0 Å². The molecule has 0 radical (unpaired) electrons. The molecule has 1 saturated heterocycles. The standard InChI is InChI=1S/C15H25NO8/c1-8(17)16(4)12-14(23-10(3)19)13(22-9(2)18)11(7-20-5)24-15(12)21-6/h11-15H,7H2,1-6H3/t11-,12-,13-,14-,15-/m1/s1.